The molecule has 1 fully saturated rings. The average Bonchev–Trinajstić information content (AvgIpc) is 2.61. The molecule has 1 amide bonds. The van der Waals surface area contributed by atoms with Gasteiger partial charge in [0.15, 0.2) is 0 Å². The van der Waals surface area contributed by atoms with Crippen LogP contribution in [0.15, 0.2) is 24.3 Å². The molecule has 0 saturated carbocycles. The summed E-state index contributed by atoms with van der Waals surface area (Å²) in [6.45, 7) is 1.65. The summed E-state index contributed by atoms with van der Waals surface area (Å²) in [6.07, 6.45) is 4.73. The number of likely N-dealkylation sites (tertiary alicyclic amines) is 1. The van der Waals surface area contributed by atoms with E-state index in [1.54, 1.807) is 18.2 Å². The normalized spacial score (nSPS) is 16.6. The van der Waals surface area contributed by atoms with Crippen LogP contribution in [-0.2, 0) is 11.2 Å². The Kier molecular flexibility index (Phi) is 4.13. The lowest BCUT2D eigenvalue weighted by Crippen LogP contribution is -2.33. The summed E-state index contributed by atoms with van der Waals surface area (Å²) < 4.78 is 13.4. The van der Waals surface area contributed by atoms with Gasteiger partial charge in [-0.1, -0.05) is 31.0 Å². The van der Waals surface area contributed by atoms with Gasteiger partial charge in [-0.2, -0.15) is 0 Å². The molecule has 1 aromatic rings. The van der Waals surface area contributed by atoms with Crippen LogP contribution in [0.25, 0.3) is 0 Å². The van der Waals surface area contributed by atoms with Crippen molar-refractivity contribution in [2.24, 2.45) is 0 Å². The summed E-state index contributed by atoms with van der Waals surface area (Å²) in [5, 5.41) is 0. The van der Waals surface area contributed by atoms with Crippen molar-refractivity contribution in [1.29, 1.82) is 0 Å². The highest BCUT2D eigenvalue weighted by molar-refractivity contribution is 5.78. The highest BCUT2D eigenvalue weighted by atomic mass is 19.1. The van der Waals surface area contributed by atoms with Crippen molar-refractivity contribution >= 4 is 5.91 Å². The van der Waals surface area contributed by atoms with E-state index < -0.39 is 0 Å². The van der Waals surface area contributed by atoms with E-state index in [4.69, 9.17) is 0 Å². The lowest BCUT2D eigenvalue weighted by molar-refractivity contribution is -0.130. The summed E-state index contributed by atoms with van der Waals surface area (Å²) in [5.74, 6) is -0.229. The summed E-state index contributed by atoms with van der Waals surface area (Å²) >= 11 is 0. The Morgan fingerprint density at radius 1 is 1.12 bits per heavy atom. The first kappa shape index (κ1) is 12.1. The quantitative estimate of drug-likeness (QED) is 0.772. The number of benzene rings is 1. The second-order valence-corrected chi connectivity index (χ2v) is 4.56. The first-order valence-electron chi connectivity index (χ1n) is 6.28. The molecule has 92 valence electrons. The standard InChI is InChI=1S/C14H18FNO/c15-13-8-4-3-7-12(13)11-14(17)16-9-5-1-2-6-10-16/h3-4,7-8H,1-2,5-6,9-11H2. The second-order valence-electron chi connectivity index (χ2n) is 4.56. The lowest BCUT2D eigenvalue weighted by atomic mass is 10.1. The van der Waals surface area contributed by atoms with E-state index in [0.717, 1.165) is 25.9 Å². The monoisotopic (exact) mass is 235 g/mol. The van der Waals surface area contributed by atoms with Crippen molar-refractivity contribution in [2.75, 3.05) is 13.1 Å². The highest BCUT2D eigenvalue weighted by Gasteiger charge is 2.16. The number of carbonyl (C=O) groups is 1. The van der Waals surface area contributed by atoms with Gasteiger partial charge in [-0.3, -0.25) is 4.79 Å². The minimum absolute atomic E-state index is 0.0528. The van der Waals surface area contributed by atoms with Gasteiger partial charge >= 0.3 is 0 Å². The summed E-state index contributed by atoms with van der Waals surface area (Å²) in [5.41, 5.74) is 0.502. The Hall–Kier alpha value is -1.38. The topological polar surface area (TPSA) is 20.3 Å². The van der Waals surface area contributed by atoms with Crippen molar-refractivity contribution in [3.63, 3.8) is 0 Å². The van der Waals surface area contributed by atoms with Crippen LogP contribution in [0.3, 0.4) is 0 Å². The number of hydrogen-bond donors (Lipinski definition) is 0. The number of hydrogen-bond acceptors (Lipinski definition) is 1. The van der Waals surface area contributed by atoms with Gasteiger partial charge in [0, 0.05) is 13.1 Å². The van der Waals surface area contributed by atoms with E-state index in [2.05, 4.69) is 0 Å². The van der Waals surface area contributed by atoms with Gasteiger partial charge in [0.25, 0.3) is 0 Å². The van der Waals surface area contributed by atoms with E-state index >= 15 is 0 Å². The van der Waals surface area contributed by atoms with Crippen LogP contribution in [-0.4, -0.2) is 23.9 Å². The van der Waals surface area contributed by atoms with E-state index in [1.165, 1.54) is 18.9 Å². The summed E-state index contributed by atoms with van der Waals surface area (Å²) in [4.78, 5) is 13.9. The van der Waals surface area contributed by atoms with E-state index in [1.807, 2.05) is 4.90 Å². The van der Waals surface area contributed by atoms with Crippen molar-refractivity contribution in [2.45, 2.75) is 32.1 Å². The fraction of sp³-hybridized carbons (Fsp3) is 0.500. The summed E-state index contributed by atoms with van der Waals surface area (Å²) in [6, 6.07) is 6.51. The number of amides is 1. The van der Waals surface area contributed by atoms with Crippen LogP contribution in [0.5, 0.6) is 0 Å². The molecule has 1 heterocycles. The van der Waals surface area contributed by atoms with Crippen LogP contribution in [0.4, 0.5) is 4.39 Å². The summed E-state index contributed by atoms with van der Waals surface area (Å²) in [7, 11) is 0. The van der Waals surface area contributed by atoms with Crippen molar-refractivity contribution < 1.29 is 9.18 Å². The first-order valence-corrected chi connectivity index (χ1v) is 6.28. The van der Waals surface area contributed by atoms with Gasteiger partial charge < -0.3 is 4.90 Å². The molecule has 0 N–H and O–H groups in total. The Bertz CT molecular complexity index is 384. The van der Waals surface area contributed by atoms with Crippen LogP contribution in [0, 0.1) is 5.82 Å². The highest BCUT2D eigenvalue weighted by Crippen LogP contribution is 2.13. The fourth-order valence-corrected chi connectivity index (χ4v) is 2.24. The first-order chi connectivity index (χ1) is 8.27. The number of halogens is 1. The minimum Gasteiger partial charge on any atom is -0.342 e. The molecule has 2 nitrogen and oxygen atoms in total. The fourth-order valence-electron chi connectivity index (χ4n) is 2.24. The van der Waals surface area contributed by atoms with Gasteiger partial charge in [-0.05, 0) is 24.5 Å². The molecule has 0 unspecified atom stereocenters. The van der Waals surface area contributed by atoms with Crippen LogP contribution in [0.2, 0.25) is 0 Å². The molecular weight excluding hydrogens is 217 g/mol. The molecule has 17 heavy (non-hydrogen) atoms. The van der Waals surface area contributed by atoms with Gasteiger partial charge in [-0.15, -0.1) is 0 Å². The zero-order chi connectivity index (χ0) is 12.1. The van der Waals surface area contributed by atoms with Gasteiger partial charge in [-0.25, -0.2) is 4.39 Å². The van der Waals surface area contributed by atoms with Gasteiger partial charge in [0.1, 0.15) is 5.82 Å². The molecule has 0 radical (unpaired) electrons. The second kappa shape index (κ2) is 5.80. The van der Waals surface area contributed by atoms with Crippen molar-refractivity contribution in [3.05, 3.63) is 35.6 Å². The predicted molar refractivity (Wildman–Crippen MR) is 65.2 cm³/mol. The molecule has 1 aliphatic heterocycles. The molecule has 2 rings (SSSR count). The maximum absolute atomic E-state index is 13.4. The third-order valence-corrected chi connectivity index (χ3v) is 3.26. The minimum atomic E-state index is -0.282. The molecule has 1 saturated heterocycles. The smallest absolute Gasteiger partial charge is 0.227 e. The predicted octanol–water partition coefficient (Wildman–Crippen LogP) is 2.77. The number of rotatable bonds is 2. The van der Waals surface area contributed by atoms with Crippen LogP contribution < -0.4 is 0 Å². The van der Waals surface area contributed by atoms with E-state index in [-0.39, 0.29) is 18.1 Å². The molecule has 3 heteroatoms. The molecular formula is C14H18FNO. The van der Waals surface area contributed by atoms with Crippen LogP contribution >= 0.6 is 0 Å². The van der Waals surface area contributed by atoms with E-state index in [0.29, 0.717) is 5.56 Å². The van der Waals surface area contributed by atoms with Crippen molar-refractivity contribution in [1.82, 2.24) is 4.90 Å². The molecule has 0 bridgehead atoms. The van der Waals surface area contributed by atoms with Gasteiger partial charge in [0.05, 0.1) is 6.42 Å². The third-order valence-electron chi connectivity index (χ3n) is 3.26. The lowest BCUT2D eigenvalue weighted by Gasteiger charge is -2.20. The SMILES string of the molecule is O=C(Cc1ccccc1F)N1CCCCCC1. The molecule has 1 aromatic carbocycles. The third kappa shape index (κ3) is 3.29. The molecule has 0 atom stereocenters. The zero-order valence-electron chi connectivity index (χ0n) is 9.99. The average molecular weight is 235 g/mol. The maximum atomic E-state index is 13.4. The molecule has 0 aromatic heterocycles. The maximum Gasteiger partial charge on any atom is 0.227 e. The van der Waals surface area contributed by atoms with Gasteiger partial charge in [0.2, 0.25) is 5.91 Å². The zero-order valence-corrected chi connectivity index (χ0v) is 9.99. The number of nitrogens with zero attached hydrogens (tertiary/aromatic N) is 1. The van der Waals surface area contributed by atoms with Crippen LogP contribution in [0.1, 0.15) is 31.2 Å². The molecule has 0 aliphatic carbocycles. The largest absolute Gasteiger partial charge is 0.342 e. The number of carbonyl (C=O) groups excluding carboxylic acids is 1. The molecule has 1 aliphatic rings. The Balaban J connectivity index is 1.98. The Labute approximate surface area is 101 Å². The Morgan fingerprint density at radius 2 is 1.76 bits per heavy atom. The molecule has 0 spiro atoms. The van der Waals surface area contributed by atoms with E-state index in [9.17, 15) is 9.18 Å². The van der Waals surface area contributed by atoms with Crippen molar-refractivity contribution in [3.8, 4) is 0 Å². The Morgan fingerprint density at radius 3 is 2.41 bits per heavy atom.